The van der Waals surface area contributed by atoms with E-state index >= 15 is 0 Å². The normalized spacial score (nSPS) is 21.0. The summed E-state index contributed by atoms with van der Waals surface area (Å²) < 4.78 is 0. The molecule has 3 rings (SSSR count). The molecule has 4 nitrogen and oxygen atoms in total. The van der Waals surface area contributed by atoms with Gasteiger partial charge in [-0.15, -0.1) is 11.3 Å². The van der Waals surface area contributed by atoms with Gasteiger partial charge in [-0.1, -0.05) is 0 Å². The van der Waals surface area contributed by atoms with E-state index in [0.29, 0.717) is 29.9 Å². The molecule has 0 unspecified atom stereocenters. The second-order valence-corrected chi connectivity index (χ2v) is 7.10. The van der Waals surface area contributed by atoms with Crippen molar-refractivity contribution in [2.24, 2.45) is 0 Å². The summed E-state index contributed by atoms with van der Waals surface area (Å²) in [7, 11) is 0. The van der Waals surface area contributed by atoms with Crippen LogP contribution in [-0.2, 0) is 6.42 Å². The van der Waals surface area contributed by atoms with E-state index in [1.165, 1.54) is 10.4 Å². The van der Waals surface area contributed by atoms with Crippen LogP contribution in [0.5, 0.6) is 0 Å². The van der Waals surface area contributed by atoms with Crippen molar-refractivity contribution in [1.29, 1.82) is 0 Å². The zero-order valence-corrected chi connectivity index (χ0v) is 14.4. The van der Waals surface area contributed by atoms with Gasteiger partial charge < -0.3 is 11.1 Å². The number of carbonyl (C=O) groups excluding carboxylic acids is 1. The minimum Gasteiger partial charge on any atom is -0.399 e. The highest BCUT2D eigenvalue weighted by molar-refractivity contribution is 7.10. The number of hydrogen-bond donors (Lipinski definition) is 2. The summed E-state index contributed by atoms with van der Waals surface area (Å²) in [6, 6.07) is 10.2. The Morgan fingerprint density at radius 2 is 2.04 bits per heavy atom. The lowest BCUT2D eigenvalue weighted by atomic mass is 9.97. The number of hydrogen-bond acceptors (Lipinski definition) is 4. The van der Waals surface area contributed by atoms with Gasteiger partial charge in [0, 0.05) is 41.3 Å². The van der Waals surface area contributed by atoms with Crippen LogP contribution in [0.4, 0.5) is 5.69 Å². The molecule has 2 atom stereocenters. The van der Waals surface area contributed by atoms with Gasteiger partial charge in [-0.3, -0.25) is 9.69 Å². The average molecular weight is 329 g/mol. The van der Waals surface area contributed by atoms with Gasteiger partial charge in [-0.2, -0.15) is 0 Å². The fraction of sp³-hybridized carbons (Fsp3) is 0.389. The smallest absolute Gasteiger partial charge is 0.251 e. The number of benzene rings is 1. The lowest BCUT2D eigenvalue weighted by Crippen LogP contribution is -2.44. The van der Waals surface area contributed by atoms with E-state index in [9.17, 15) is 4.79 Å². The Morgan fingerprint density at radius 3 is 2.78 bits per heavy atom. The summed E-state index contributed by atoms with van der Waals surface area (Å²) >= 11 is 1.84. The molecule has 0 bridgehead atoms. The Labute approximate surface area is 141 Å². The van der Waals surface area contributed by atoms with E-state index in [1.54, 1.807) is 24.3 Å². The first-order chi connectivity index (χ1) is 11.1. The van der Waals surface area contributed by atoms with Crippen molar-refractivity contribution in [3.63, 3.8) is 0 Å². The fourth-order valence-electron chi connectivity index (χ4n) is 3.30. The molecule has 1 aliphatic rings. The van der Waals surface area contributed by atoms with Crippen LogP contribution >= 0.6 is 11.3 Å². The first-order valence-corrected chi connectivity index (χ1v) is 8.90. The van der Waals surface area contributed by atoms with Gasteiger partial charge in [-0.05, 0) is 61.5 Å². The van der Waals surface area contributed by atoms with Crippen molar-refractivity contribution >= 4 is 22.9 Å². The van der Waals surface area contributed by atoms with Gasteiger partial charge in [0.1, 0.15) is 0 Å². The van der Waals surface area contributed by atoms with Gasteiger partial charge in [0.2, 0.25) is 0 Å². The fourth-order valence-corrected chi connectivity index (χ4v) is 4.31. The van der Waals surface area contributed by atoms with E-state index in [2.05, 4.69) is 35.5 Å². The van der Waals surface area contributed by atoms with E-state index in [0.717, 1.165) is 13.0 Å². The van der Waals surface area contributed by atoms with Crippen molar-refractivity contribution in [2.45, 2.75) is 32.4 Å². The molecule has 0 radical (unpaired) electrons. The average Bonchev–Trinajstić information content (AvgIpc) is 2.99. The first kappa shape index (κ1) is 16.0. The number of anilines is 1. The maximum atomic E-state index is 12.1. The highest BCUT2D eigenvalue weighted by Gasteiger charge is 2.29. The third-order valence-corrected chi connectivity index (χ3v) is 5.70. The Morgan fingerprint density at radius 1 is 1.30 bits per heavy atom. The molecule has 122 valence electrons. The molecule has 0 spiro atoms. The Hall–Kier alpha value is -1.85. The molecule has 0 saturated heterocycles. The first-order valence-electron chi connectivity index (χ1n) is 8.02. The molecule has 2 aromatic rings. The number of thiophene rings is 1. The topological polar surface area (TPSA) is 58.4 Å². The Kier molecular flexibility index (Phi) is 4.68. The van der Waals surface area contributed by atoms with Crippen molar-refractivity contribution in [3.8, 4) is 0 Å². The molecule has 1 amide bonds. The third-order valence-electron chi connectivity index (χ3n) is 4.57. The van der Waals surface area contributed by atoms with Gasteiger partial charge >= 0.3 is 0 Å². The Bertz CT molecular complexity index is 680. The number of rotatable bonds is 4. The van der Waals surface area contributed by atoms with Gasteiger partial charge in [-0.25, -0.2) is 0 Å². The molecule has 2 heterocycles. The lowest BCUT2D eigenvalue weighted by molar-refractivity contribution is 0.0930. The summed E-state index contributed by atoms with van der Waals surface area (Å²) in [5.74, 6) is -0.0425. The van der Waals surface area contributed by atoms with E-state index < -0.39 is 0 Å². The molecule has 1 aliphatic heterocycles. The number of nitrogens with one attached hydrogen (secondary N) is 1. The van der Waals surface area contributed by atoms with Crippen molar-refractivity contribution in [2.75, 3.05) is 18.8 Å². The molecular formula is C18H23N3OS. The number of fused-ring (bicyclic) bond motifs is 1. The Balaban J connectivity index is 1.56. The largest absolute Gasteiger partial charge is 0.399 e. The molecule has 23 heavy (non-hydrogen) atoms. The number of carbonyl (C=O) groups is 1. The van der Waals surface area contributed by atoms with Crippen molar-refractivity contribution < 1.29 is 4.79 Å². The number of nitrogens with zero attached hydrogens (tertiary/aromatic N) is 1. The van der Waals surface area contributed by atoms with E-state index in [-0.39, 0.29) is 5.91 Å². The molecule has 1 aromatic heterocycles. The summed E-state index contributed by atoms with van der Waals surface area (Å²) in [4.78, 5) is 16.1. The van der Waals surface area contributed by atoms with Crippen molar-refractivity contribution in [3.05, 3.63) is 51.7 Å². The molecular weight excluding hydrogens is 306 g/mol. The summed E-state index contributed by atoms with van der Waals surface area (Å²) in [5.41, 5.74) is 8.45. The van der Waals surface area contributed by atoms with Crippen LogP contribution < -0.4 is 11.1 Å². The van der Waals surface area contributed by atoms with Crippen LogP contribution in [0.1, 0.15) is 40.7 Å². The monoisotopic (exact) mass is 329 g/mol. The summed E-state index contributed by atoms with van der Waals surface area (Å²) in [6.45, 7) is 6.03. The maximum absolute atomic E-state index is 12.1. The van der Waals surface area contributed by atoms with Gasteiger partial charge in [0.15, 0.2) is 0 Å². The van der Waals surface area contributed by atoms with Crippen LogP contribution in [0.25, 0.3) is 0 Å². The molecule has 0 aliphatic carbocycles. The van der Waals surface area contributed by atoms with Gasteiger partial charge in [0.05, 0.1) is 0 Å². The molecule has 3 N–H and O–H groups in total. The third kappa shape index (κ3) is 3.41. The highest BCUT2D eigenvalue weighted by atomic mass is 32.1. The quantitative estimate of drug-likeness (QED) is 0.848. The number of nitrogens with two attached hydrogens (primary N) is 1. The van der Waals surface area contributed by atoms with E-state index in [4.69, 9.17) is 5.73 Å². The maximum Gasteiger partial charge on any atom is 0.251 e. The van der Waals surface area contributed by atoms with Crippen LogP contribution in [-0.4, -0.2) is 29.9 Å². The highest BCUT2D eigenvalue weighted by Crippen LogP contribution is 2.35. The molecule has 0 saturated carbocycles. The van der Waals surface area contributed by atoms with Crippen LogP contribution in [0.2, 0.25) is 0 Å². The molecule has 1 aromatic carbocycles. The summed E-state index contributed by atoms with van der Waals surface area (Å²) in [6.07, 6.45) is 1.09. The predicted octanol–water partition coefficient (Wildman–Crippen LogP) is 3.07. The zero-order valence-electron chi connectivity index (χ0n) is 13.6. The predicted molar refractivity (Wildman–Crippen MR) is 95.8 cm³/mol. The molecule has 0 fully saturated rings. The van der Waals surface area contributed by atoms with Crippen LogP contribution in [0.15, 0.2) is 35.7 Å². The van der Waals surface area contributed by atoms with E-state index in [1.807, 2.05) is 11.3 Å². The molecule has 5 heteroatoms. The summed E-state index contributed by atoms with van der Waals surface area (Å²) in [5, 5.41) is 5.19. The minimum absolute atomic E-state index is 0.0425. The zero-order chi connectivity index (χ0) is 16.4. The minimum atomic E-state index is -0.0425. The number of nitrogen functional groups attached to an aromatic ring is 1. The van der Waals surface area contributed by atoms with Crippen molar-refractivity contribution in [1.82, 2.24) is 10.2 Å². The van der Waals surface area contributed by atoms with Crippen LogP contribution in [0, 0.1) is 0 Å². The second kappa shape index (κ2) is 6.72. The lowest BCUT2D eigenvalue weighted by Gasteiger charge is -2.38. The number of amides is 1. The van der Waals surface area contributed by atoms with Crippen LogP contribution in [0.3, 0.4) is 0 Å². The standard InChI is InChI=1S/C18H23N3OS/c1-12-11-15-7-10-23-17(15)13(2)21(12)9-8-20-18(22)14-3-5-16(19)6-4-14/h3-7,10,12-13H,8-9,11,19H2,1-2H3,(H,20,22)/t12-,13-/m0/s1. The second-order valence-electron chi connectivity index (χ2n) is 6.15. The van der Waals surface area contributed by atoms with Gasteiger partial charge in [0.25, 0.3) is 5.91 Å². The SMILES string of the molecule is C[C@H]1Cc2ccsc2[C@H](C)N1CCNC(=O)c1ccc(N)cc1.